The summed E-state index contributed by atoms with van der Waals surface area (Å²) in [6.45, 7) is 8.21. The molecule has 0 unspecified atom stereocenters. The Morgan fingerprint density at radius 3 is 2.81 bits per heavy atom. The van der Waals surface area contributed by atoms with Crippen molar-refractivity contribution in [2.45, 2.75) is 32.7 Å². The van der Waals surface area contributed by atoms with Crippen molar-refractivity contribution in [2.75, 3.05) is 27.4 Å². The monoisotopic (exact) mass is 374 g/mol. The van der Waals surface area contributed by atoms with Crippen molar-refractivity contribution >= 4 is 17.3 Å². The first-order valence-electron chi connectivity index (χ1n) is 8.62. The summed E-state index contributed by atoms with van der Waals surface area (Å²) in [5.74, 6) is 2.48. The molecule has 1 aromatic carbocycles. The molecule has 3 rings (SSSR count). The topological polar surface area (TPSA) is 59.0 Å². The summed E-state index contributed by atoms with van der Waals surface area (Å²) in [4.78, 5) is 11.0. The maximum atomic E-state index is 5.51. The number of rotatable bonds is 5. The quantitative estimate of drug-likeness (QED) is 0.643. The lowest BCUT2D eigenvalue weighted by Crippen LogP contribution is -2.44. The molecule has 6 nitrogen and oxygen atoms in total. The van der Waals surface area contributed by atoms with E-state index in [9.17, 15) is 0 Å². The Balaban J connectivity index is 1.63. The average Bonchev–Trinajstić information content (AvgIpc) is 3.23. The van der Waals surface area contributed by atoms with Crippen molar-refractivity contribution in [3.05, 3.63) is 39.8 Å². The van der Waals surface area contributed by atoms with E-state index in [0.717, 1.165) is 41.2 Å². The van der Waals surface area contributed by atoms with Gasteiger partial charge in [0.1, 0.15) is 0 Å². The molecule has 26 heavy (non-hydrogen) atoms. The zero-order valence-corrected chi connectivity index (χ0v) is 16.8. The predicted molar refractivity (Wildman–Crippen MR) is 105 cm³/mol. The number of thiazole rings is 1. The number of hydrogen-bond donors (Lipinski definition) is 1. The average molecular weight is 375 g/mol. The van der Waals surface area contributed by atoms with Crippen LogP contribution in [-0.4, -0.2) is 43.3 Å². The number of aryl methyl sites for hydroxylation is 1. The molecule has 0 fully saturated rings. The van der Waals surface area contributed by atoms with Gasteiger partial charge in [0.05, 0.1) is 17.2 Å². The van der Waals surface area contributed by atoms with E-state index in [1.54, 1.807) is 18.4 Å². The van der Waals surface area contributed by atoms with E-state index in [1.807, 2.05) is 20.0 Å². The Morgan fingerprint density at radius 1 is 1.35 bits per heavy atom. The number of aromatic nitrogens is 1. The molecule has 0 spiro atoms. The van der Waals surface area contributed by atoms with Crippen LogP contribution in [0.15, 0.2) is 28.6 Å². The van der Waals surface area contributed by atoms with Crippen LogP contribution in [0.4, 0.5) is 0 Å². The summed E-state index contributed by atoms with van der Waals surface area (Å²) in [6.07, 6.45) is 0. The summed E-state index contributed by atoms with van der Waals surface area (Å²) in [6, 6.07) is 6.14. The lowest BCUT2D eigenvalue weighted by Gasteiger charge is -2.29. The second-order valence-electron chi connectivity index (χ2n) is 7.07. The molecule has 0 saturated carbocycles. The van der Waals surface area contributed by atoms with Gasteiger partial charge < -0.3 is 19.7 Å². The number of benzene rings is 1. The Hall–Kier alpha value is -2.28. The van der Waals surface area contributed by atoms with Gasteiger partial charge in [0.25, 0.3) is 0 Å². The fraction of sp³-hybridized carbons (Fsp3) is 0.474. The molecule has 1 N–H and O–H groups in total. The van der Waals surface area contributed by atoms with Gasteiger partial charge >= 0.3 is 0 Å². The van der Waals surface area contributed by atoms with Gasteiger partial charge in [0.15, 0.2) is 17.5 Å². The Bertz CT molecular complexity index is 801. The van der Waals surface area contributed by atoms with Crippen LogP contribution in [0.2, 0.25) is 0 Å². The van der Waals surface area contributed by atoms with Crippen LogP contribution in [0, 0.1) is 6.92 Å². The summed E-state index contributed by atoms with van der Waals surface area (Å²) < 4.78 is 10.9. The molecule has 1 aliphatic rings. The van der Waals surface area contributed by atoms with Gasteiger partial charge in [0, 0.05) is 31.4 Å². The van der Waals surface area contributed by atoms with E-state index in [2.05, 4.69) is 51.6 Å². The molecular formula is C19H26N4O2S. The third-order valence-corrected chi connectivity index (χ3v) is 5.30. The Labute approximate surface area is 158 Å². The van der Waals surface area contributed by atoms with Crippen LogP contribution in [-0.2, 0) is 12.0 Å². The number of fused-ring (bicyclic) bond motifs is 1. The fourth-order valence-electron chi connectivity index (χ4n) is 2.90. The van der Waals surface area contributed by atoms with Crippen LogP contribution < -0.4 is 14.8 Å². The largest absolute Gasteiger partial charge is 0.454 e. The highest BCUT2D eigenvalue weighted by Crippen LogP contribution is 2.36. The molecule has 0 radical (unpaired) electrons. The minimum atomic E-state index is -0.0883. The first kappa shape index (κ1) is 18.5. The number of nitrogens with zero attached hydrogens (tertiary/aromatic N) is 3. The molecule has 0 amide bonds. The maximum absolute atomic E-state index is 5.51. The molecule has 2 aromatic rings. The molecule has 0 aliphatic carbocycles. The Kier molecular flexibility index (Phi) is 5.36. The lowest BCUT2D eigenvalue weighted by molar-refractivity contribution is 0.174. The molecule has 140 valence electrons. The number of hydrogen-bond acceptors (Lipinski definition) is 5. The molecular weight excluding hydrogens is 348 g/mol. The van der Waals surface area contributed by atoms with E-state index in [4.69, 9.17) is 9.47 Å². The summed E-state index contributed by atoms with van der Waals surface area (Å²) in [7, 11) is 3.83. The van der Waals surface area contributed by atoms with Crippen molar-refractivity contribution in [1.29, 1.82) is 0 Å². The van der Waals surface area contributed by atoms with Crippen LogP contribution in [0.5, 0.6) is 11.5 Å². The van der Waals surface area contributed by atoms with E-state index < -0.39 is 0 Å². The van der Waals surface area contributed by atoms with Crippen molar-refractivity contribution < 1.29 is 9.47 Å². The highest BCUT2D eigenvalue weighted by Gasteiger charge is 2.25. The van der Waals surface area contributed by atoms with Crippen LogP contribution >= 0.6 is 11.3 Å². The first-order valence-corrected chi connectivity index (χ1v) is 9.50. The second-order valence-corrected chi connectivity index (χ2v) is 8.13. The van der Waals surface area contributed by atoms with Crippen molar-refractivity contribution in [2.24, 2.45) is 4.99 Å². The molecule has 2 heterocycles. The fourth-order valence-corrected chi connectivity index (χ4v) is 3.51. The van der Waals surface area contributed by atoms with Crippen molar-refractivity contribution in [3.63, 3.8) is 0 Å². The van der Waals surface area contributed by atoms with Gasteiger partial charge in [-0.2, -0.15) is 0 Å². The zero-order valence-electron chi connectivity index (χ0n) is 16.0. The minimum absolute atomic E-state index is 0.0883. The van der Waals surface area contributed by atoms with Gasteiger partial charge in [-0.1, -0.05) is 19.9 Å². The lowest BCUT2D eigenvalue weighted by atomic mass is 9.84. The summed E-state index contributed by atoms with van der Waals surface area (Å²) >= 11 is 1.67. The molecule has 7 heteroatoms. The van der Waals surface area contributed by atoms with Gasteiger partial charge in [-0.15, -0.1) is 11.3 Å². The summed E-state index contributed by atoms with van der Waals surface area (Å²) in [5, 5.41) is 6.66. The van der Waals surface area contributed by atoms with Gasteiger partial charge in [-0.3, -0.25) is 4.99 Å². The normalized spacial score (nSPS) is 13.8. The van der Waals surface area contributed by atoms with Gasteiger partial charge in [-0.25, -0.2) is 4.98 Å². The summed E-state index contributed by atoms with van der Waals surface area (Å²) in [5.41, 5.74) is 2.17. The van der Waals surface area contributed by atoms with E-state index in [-0.39, 0.29) is 5.41 Å². The van der Waals surface area contributed by atoms with Crippen LogP contribution in [0.1, 0.15) is 30.1 Å². The molecule has 1 aliphatic heterocycles. The maximum Gasteiger partial charge on any atom is 0.231 e. The van der Waals surface area contributed by atoms with Crippen molar-refractivity contribution in [1.82, 2.24) is 15.2 Å². The van der Waals surface area contributed by atoms with Crippen molar-refractivity contribution in [3.8, 4) is 11.5 Å². The van der Waals surface area contributed by atoms with Gasteiger partial charge in [0.2, 0.25) is 6.79 Å². The van der Waals surface area contributed by atoms with Crippen LogP contribution in [0.3, 0.4) is 0 Å². The number of ether oxygens (including phenoxy) is 2. The minimum Gasteiger partial charge on any atom is -0.454 e. The molecule has 1 aromatic heterocycles. The highest BCUT2D eigenvalue weighted by molar-refractivity contribution is 7.09. The second kappa shape index (κ2) is 7.53. The van der Waals surface area contributed by atoms with E-state index in [0.29, 0.717) is 6.79 Å². The Morgan fingerprint density at radius 2 is 2.12 bits per heavy atom. The predicted octanol–water partition coefficient (Wildman–Crippen LogP) is 3.17. The number of guanidine groups is 1. The number of nitrogens with one attached hydrogen (secondary N) is 1. The third-order valence-electron chi connectivity index (χ3n) is 4.48. The molecule has 0 saturated heterocycles. The van der Waals surface area contributed by atoms with E-state index >= 15 is 0 Å². The molecule has 0 atom stereocenters. The molecule has 0 bridgehead atoms. The number of aliphatic imine (C=N–C) groups is 1. The standard InChI is InChI=1S/C19H26N4O2S/c1-13-22-15(10-26-13)9-23(5)18(20-4)21-11-19(2,3)14-6-7-16-17(8-14)25-12-24-16/h6-8,10H,9,11-12H2,1-5H3,(H,20,21). The smallest absolute Gasteiger partial charge is 0.231 e. The highest BCUT2D eigenvalue weighted by atomic mass is 32.1. The SMILES string of the molecule is CN=C(NCC(C)(C)c1ccc2c(c1)OCO2)N(C)Cc1csc(C)n1. The van der Waals surface area contributed by atoms with E-state index in [1.165, 1.54) is 5.56 Å². The first-order chi connectivity index (χ1) is 12.4. The van der Waals surface area contributed by atoms with Crippen LogP contribution in [0.25, 0.3) is 0 Å². The van der Waals surface area contributed by atoms with Gasteiger partial charge in [-0.05, 0) is 24.6 Å². The zero-order chi connectivity index (χ0) is 18.7. The third kappa shape index (κ3) is 4.09.